The minimum atomic E-state index is -0.578. The van der Waals surface area contributed by atoms with Gasteiger partial charge in [-0.2, -0.15) is 0 Å². The van der Waals surface area contributed by atoms with Gasteiger partial charge in [-0.25, -0.2) is 0 Å². The van der Waals surface area contributed by atoms with Crippen molar-refractivity contribution in [3.63, 3.8) is 0 Å². The van der Waals surface area contributed by atoms with Crippen molar-refractivity contribution in [2.24, 2.45) is 0 Å². The Balaban J connectivity index is 2.04. The Kier molecular flexibility index (Phi) is 3.73. The lowest BCUT2D eigenvalue weighted by molar-refractivity contribution is -0.384. The third kappa shape index (κ3) is 3.21. The second-order valence-corrected chi connectivity index (χ2v) is 5.06. The van der Waals surface area contributed by atoms with E-state index in [1.54, 1.807) is 25.1 Å². The molecule has 1 aliphatic heterocycles. The monoisotopic (exact) mass is 266 g/mol. The first-order valence-electron chi connectivity index (χ1n) is 6.19. The van der Waals surface area contributed by atoms with Gasteiger partial charge in [-0.15, -0.1) is 0 Å². The second-order valence-electron chi connectivity index (χ2n) is 5.06. The summed E-state index contributed by atoms with van der Waals surface area (Å²) in [4.78, 5) is 10.7. The molecule has 1 unspecified atom stereocenters. The second kappa shape index (κ2) is 5.14. The van der Waals surface area contributed by atoms with Gasteiger partial charge in [-0.05, 0) is 26.8 Å². The summed E-state index contributed by atoms with van der Waals surface area (Å²) < 4.78 is 11.1. The molecule has 2 rings (SSSR count). The number of rotatable bonds is 4. The maximum atomic E-state index is 11.1. The molecule has 1 atom stereocenters. The van der Waals surface area contributed by atoms with E-state index in [1.165, 1.54) is 0 Å². The Labute approximate surface area is 111 Å². The fraction of sp³-hybridized carbons (Fsp3) is 0.538. The number of ether oxygens (including phenoxy) is 2. The predicted octanol–water partition coefficient (Wildman–Crippen LogP) is 2.47. The van der Waals surface area contributed by atoms with Gasteiger partial charge in [-0.1, -0.05) is 12.1 Å². The minimum absolute atomic E-state index is 0.102. The van der Waals surface area contributed by atoms with Gasteiger partial charge in [0.2, 0.25) is 0 Å². The van der Waals surface area contributed by atoms with E-state index in [4.69, 9.17) is 9.47 Å². The van der Waals surface area contributed by atoms with E-state index in [1.807, 2.05) is 13.8 Å². The van der Waals surface area contributed by atoms with Gasteiger partial charge in [0.1, 0.15) is 11.8 Å². The lowest BCUT2D eigenvalue weighted by Crippen LogP contribution is -2.26. The molecule has 1 N–H and O–H groups in total. The first-order valence-corrected chi connectivity index (χ1v) is 6.19. The summed E-state index contributed by atoms with van der Waals surface area (Å²) in [6, 6.07) is 5.22. The van der Waals surface area contributed by atoms with E-state index in [0.717, 1.165) is 0 Å². The molecule has 6 heteroatoms. The van der Waals surface area contributed by atoms with Crippen molar-refractivity contribution in [1.29, 1.82) is 0 Å². The zero-order chi connectivity index (χ0) is 14.0. The van der Waals surface area contributed by atoms with Crippen LogP contribution < -0.4 is 5.32 Å². The van der Waals surface area contributed by atoms with Gasteiger partial charge in [0.05, 0.1) is 11.5 Å². The Bertz CT molecular complexity index is 488. The maximum Gasteiger partial charge on any atom is 0.295 e. The number of aryl methyl sites for hydroxylation is 1. The zero-order valence-electron chi connectivity index (χ0n) is 11.3. The summed E-state index contributed by atoms with van der Waals surface area (Å²) in [6.45, 7) is 6.39. The Morgan fingerprint density at radius 1 is 1.53 bits per heavy atom. The Morgan fingerprint density at radius 2 is 2.26 bits per heavy atom. The van der Waals surface area contributed by atoms with Gasteiger partial charge in [-0.3, -0.25) is 10.1 Å². The molecule has 1 heterocycles. The van der Waals surface area contributed by atoms with Crippen LogP contribution in [0, 0.1) is 17.0 Å². The average molecular weight is 266 g/mol. The van der Waals surface area contributed by atoms with Crippen LogP contribution >= 0.6 is 0 Å². The fourth-order valence-electron chi connectivity index (χ4n) is 2.13. The van der Waals surface area contributed by atoms with Crippen LogP contribution in [-0.2, 0) is 9.47 Å². The molecule has 6 nitrogen and oxygen atoms in total. The SMILES string of the molecule is Cc1cccc(NCC2COC(C)(C)O2)c1[N+](=O)[O-]. The highest BCUT2D eigenvalue weighted by Crippen LogP contribution is 2.29. The summed E-state index contributed by atoms with van der Waals surface area (Å²) >= 11 is 0. The molecule has 0 aromatic heterocycles. The number of nitrogens with one attached hydrogen (secondary N) is 1. The first-order chi connectivity index (χ1) is 8.89. The van der Waals surface area contributed by atoms with Gasteiger partial charge >= 0.3 is 0 Å². The molecule has 0 amide bonds. The van der Waals surface area contributed by atoms with Crippen molar-refractivity contribution in [3.8, 4) is 0 Å². The Morgan fingerprint density at radius 3 is 2.84 bits per heavy atom. The lowest BCUT2D eigenvalue weighted by Gasteiger charge is -2.17. The smallest absolute Gasteiger partial charge is 0.295 e. The number of nitro benzene ring substituents is 1. The quantitative estimate of drug-likeness (QED) is 0.669. The number of anilines is 1. The van der Waals surface area contributed by atoms with Crippen molar-refractivity contribution >= 4 is 11.4 Å². The fourth-order valence-corrected chi connectivity index (χ4v) is 2.13. The topological polar surface area (TPSA) is 73.6 Å². The molecule has 19 heavy (non-hydrogen) atoms. The molecule has 0 bridgehead atoms. The lowest BCUT2D eigenvalue weighted by atomic mass is 10.1. The standard InChI is InChI=1S/C13H18N2O4/c1-9-5-4-6-11(12(9)15(16)17)14-7-10-8-18-13(2,3)19-10/h4-6,10,14H,7-8H2,1-3H3. The number of hydrogen-bond donors (Lipinski definition) is 1. The molecule has 0 spiro atoms. The van der Waals surface area contributed by atoms with Crippen molar-refractivity contribution in [2.75, 3.05) is 18.5 Å². The molecule has 1 saturated heterocycles. The third-order valence-corrected chi connectivity index (χ3v) is 3.01. The van der Waals surface area contributed by atoms with Crippen LogP contribution in [0.5, 0.6) is 0 Å². The number of hydrogen-bond acceptors (Lipinski definition) is 5. The number of benzene rings is 1. The highest BCUT2D eigenvalue weighted by Gasteiger charge is 2.32. The van der Waals surface area contributed by atoms with Crippen LogP contribution in [0.15, 0.2) is 18.2 Å². The summed E-state index contributed by atoms with van der Waals surface area (Å²) in [6.07, 6.45) is -0.102. The van der Waals surface area contributed by atoms with E-state index in [0.29, 0.717) is 24.4 Å². The number of nitrogens with zero attached hydrogens (tertiary/aromatic N) is 1. The summed E-state index contributed by atoms with van der Waals surface area (Å²) in [5.74, 6) is -0.578. The van der Waals surface area contributed by atoms with Crippen LogP contribution in [0.1, 0.15) is 19.4 Å². The van der Waals surface area contributed by atoms with Crippen LogP contribution in [0.4, 0.5) is 11.4 Å². The van der Waals surface area contributed by atoms with E-state index >= 15 is 0 Å². The third-order valence-electron chi connectivity index (χ3n) is 3.01. The molecule has 1 fully saturated rings. The van der Waals surface area contributed by atoms with Gasteiger partial charge in [0.15, 0.2) is 5.79 Å². The zero-order valence-corrected chi connectivity index (χ0v) is 11.3. The van der Waals surface area contributed by atoms with Crippen molar-refractivity contribution in [1.82, 2.24) is 0 Å². The van der Waals surface area contributed by atoms with Gasteiger partial charge in [0.25, 0.3) is 5.69 Å². The molecule has 0 saturated carbocycles. The van der Waals surface area contributed by atoms with Crippen LogP contribution in [-0.4, -0.2) is 30.0 Å². The molecule has 104 valence electrons. The maximum absolute atomic E-state index is 11.1. The largest absolute Gasteiger partial charge is 0.377 e. The van der Waals surface area contributed by atoms with Crippen LogP contribution in [0.3, 0.4) is 0 Å². The Hall–Kier alpha value is -1.66. The molecule has 1 aliphatic rings. The summed E-state index contributed by atoms with van der Waals surface area (Å²) in [7, 11) is 0. The highest BCUT2D eigenvalue weighted by atomic mass is 16.7. The first kappa shape index (κ1) is 13.8. The van der Waals surface area contributed by atoms with Gasteiger partial charge in [0, 0.05) is 12.1 Å². The molecular weight excluding hydrogens is 248 g/mol. The molecule has 0 radical (unpaired) electrons. The molecular formula is C13H18N2O4. The van der Waals surface area contributed by atoms with Crippen molar-refractivity contribution < 1.29 is 14.4 Å². The highest BCUT2D eigenvalue weighted by molar-refractivity contribution is 5.65. The van der Waals surface area contributed by atoms with Crippen LogP contribution in [0.25, 0.3) is 0 Å². The van der Waals surface area contributed by atoms with E-state index in [9.17, 15) is 10.1 Å². The normalized spacial score (nSPS) is 21.3. The van der Waals surface area contributed by atoms with E-state index < -0.39 is 5.79 Å². The van der Waals surface area contributed by atoms with Gasteiger partial charge < -0.3 is 14.8 Å². The molecule has 1 aromatic carbocycles. The van der Waals surface area contributed by atoms with E-state index in [2.05, 4.69) is 5.32 Å². The van der Waals surface area contributed by atoms with Crippen molar-refractivity contribution in [2.45, 2.75) is 32.7 Å². The molecule has 1 aromatic rings. The summed E-state index contributed by atoms with van der Waals surface area (Å²) in [5.41, 5.74) is 1.26. The minimum Gasteiger partial charge on any atom is -0.377 e. The molecule has 0 aliphatic carbocycles. The summed E-state index contributed by atoms with van der Waals surface area (Å²) in [5, 5.41) is 14.1. The van der Waals surface area contributed by atoms with Crippen molar-refractivity contribution in [3.05, 3.63) is 33.9 Å². The van der Waals surface area contributed by atoms with Crippen LogP contribution in [0.2, 0.25) is 0 Å². The number of nitro groups is 1. The average Bonchev–Trinajstić information content (AvgIpc) is 2.66. The predicted molar refractivity (Wildman–Crippen MR) is 71.2 cm³/mol. The number of para-hydroxylation sites is 1. The van der Waals surface area contributed by atoms with E-state index in [-0.39, 0.29) is 16.7 Å².